The number of aromatic nitrogens is 2. The van der Waals surface area contributed by atoms with Gasteiger partial charge in [0.05, 0.1) is 41.2 Å². The summed E-state index contributed by atoms with van der Waals surface area (Å²) in [5, 5.41) is 15.5. The summed E-state index contributed by atoms with van der Waals surface area (Å²) in [6, 6.07) is 13.1. The molecule has 2 atom stereocenters. The van der Waals surface area contributed by atoms with Crippen molar-refractivity contribution in [2.24, 2.45) is 0 Å². The molecule has 2 amide bonds. The Bertz CT molecular complexity index is 2570. The zero-order valence-corrected chi connectivity index (χ0v) is 34.8. The van der Waals surface area contributed by atoms with E-state index in [1.165, 1.54) is 31.6 Å². The molecule has 322 valence electrons. The lowest BCUT2D eigenvalue weighted by molar-refractivity contribution is -0.133. The van der Waals surface area contributed by atoms with Gasteiger partial charge in [-0.3, -0.25) is 29.0 Å². The van der Waals surface area contributed by atoms with E-state index >= 15 is 8.78 Å². The van der Waals surface area contributed by atoms with Crippen LogP contribution in [0.25, 0.3) is 10.9 Å². The van der Waals surface area contributed by atoms with Gasteiger partial charge in [-0.25, -0.2) is 13.8 Å². The Labute approximate surface area is 352 Å². The molecule has 4 fully saturated rings. The number of imide groups is 1. The Kier molecular flexibility index (Phi) is 11.8. The Hall–Kier alpha value is -5.48. The first-order valence-corrected chi connectivity index (χ1v) is 22.1. The summed E-state index contributed by atoms with van der Waals surface area (Å²) in [4.78, 5) is 44.6. The Morgan fingerprint density at radius 2 is 1.79 bits per heavy atom. The maximum atomic E-state index is 15.4. The number of anilines is 2. The number of likely N-dealkylation sites (tertiary alicyclic amines) is 1. The highest BCUT2D eigenvalue weighted by Crippen LogP contribution is 2.43. The van der Waals surface area contributed by atoms with E-state index in [-0.39, 0.29) is 70.2 Å². The maximum Gasteiger partial charge on any atom is 0.301 e. The van der Waals surface area contributed by atoms with Gasteiger partial charge in [-0.1, -0.05) is 13.0 Å². The van der Waals surface area contributed by atoms with Gasteiger partial charge >= 0.3 is 10.2 Å². The highest BCUT2D eigenvalue weighted by molar-refractivity contribution is 7.90. The number of hydrogen-bond donors (Lipinski definition) is 3. The largest absolute Gasteiger partial charge is 0.453 e. The summed E-state index contributed by atoms with van der Waals surface area (Å²) in [6.07, 6.45) is 8.03. The molecule has 4 aromatic rings. The van der Waals surface area contributed by atoms with Crippen molar-refractivity contribution in [3.63, 3.8) is 0 Å². The number of amides is 2. The fourth-order valence-corrected chi connectivity index (χ4v) is 10.1. The van der Waals surface area contributed by atoms with Crippen LogP contribution >= 0.6 is 0 Å². The number of carbonyl (C=O) groups excluding carboxylic acids is 2. The molecule has 15 nitrogen and oxygen atoms in total. The fraction of sp³-hybridized carbons (Fsp3) is 0.465. The zero-order chi connectivity index (χ0) is 43.1. The van der Waals surface area contributed by atoms with Crippen LogP contribution in [0.1, 0.15) is 87.8 Å². The van der Waals surface area contributed by atoms with Gasteiger partial charge in [0.25, 0.3) is 5.56 Å². The first-order chi connectivity index (χ1) is 29.3. The Morgan fingerprint density at radius 1 is 1.02 bits per heavy atom. The van der Waals surface area contributed by atoms with Crippen LogP contribution in [0, 0.1) is 23.0 Å². The number of fused-ring (bicyclic) bond motifs is 1. The lowest BCUT2D eigenvalue weighted by Gasteiger charge is -2.44. The van der Waals surface area contributed by atoms with Gasteiger partial charge in [-0.05, 0) is 105 Å². The van der Waals surface area contributed by atoms with E-state index in [1.54, 1.807) is 17.6 Å². The molecule has 0 radical (unpaired) electrons. The van der Waals surface area contributed by atoms with Crippen molar-refractivity contribution in [3.05, 3.63) is 88.0 Å². The Balaban J connectivity index is 0.878. The van der Waals surface area contributed by atoms with Gasteiger partial charge in [0, 0.05) is 44.8 Å². The van der Waals surface area contributed by atoms with Gasteiger partial charge in [-0.15, -0.1) is 0 Å². The standard InChI is InChI=1S/C43H48F2N8O7S/c1-3-51(2)61(57,58)50-37-13-11-34(44)40(33(37)23-46)60-30-9-12-36-32(21-30)42(56)53(25-47-36)29-22-43(59-24-29)16-18-52(19-17-43)28-7-4-26(5-8-28)31-10-6-27(20-35(31)45)48-38-14-15-39(54)49-41(38)55/h6,9-13,20-21,25-26,28-29,38,48,50H,3-5,7-8,14-19,22,24H2,1-2H3,(H,49,54,55)/t26-,28+,29?,38?. The van der Waals surface area contributed by atoms with Crippen LogP contribution in [0.4, 0.5) is 20.2 Å². The summed E-state index contributed by atoms with van der Waals surface area (Å²) in [5.41, 5.74) is 0.389. The van der Waals surface area contributed by atoms with Crippen molar-refractivity contribution in [1.29, 1.82) is 5.26 Å². The first-order valence-electron chi connectivity index (χ1n) is 20.7. The molecule has 1 saturated carbocycles. The number of ether oxygens (including phenoxy) is 2. The number of hydrogen-bond acceptors (Lipinski definition) is 11. The number of nitrogens with zero attached hydrogens (tertiary/aromatic N) is 5. The summed E-state index contributed by atoms with van der Waals surface area (Å²) in [5.74, 6) is -2.19. The van der Waals surface area contributed by atoms with E-state index < -0.39 is 33.7 Å². The summed E-state index contributed by atoms with van der Waals surface area (Å²) in [7, 11) is -2.66. The quantitative estimate of drug-likeness (QED) is 0.157. The monoisotopic (exact) mass is 858 g/mol. The third-order valence-corrected chi connectivity index (χ3v) is 14.4. The smallest absolute Gasteiger partial charge is 0.301 e. The molecular formula is C43H48F2N8O7S. The van der Waals surface area contributed by atoms with Crippen molar-refractivity contribution in [1.82, 2.24) is 24.1 Å². The number of carbonyl (C=O) groups is 2. The number of benzene rings is 3. The molecule has 1 spiro atoms. The lowest BCUT2D eigenvalue weighted by atomic mass is 9.79. The van der Waals surface area contributed by atoms with Crippen molar-refractivity contribution in [2.75, 3.05) is 43.3 Å². The molecule has 4 heterocycles. The second-order valence-electron chi connectivity index (χ2n) is 16.4. The summed E-state index contributed by atoms with van der Waals surface area (Å²) >= 11 is 0. The fourth-order valence-electron chi connectivity index (χ4n) is 9.17. The molecule has 4 aliphatic rings. The van der Waals surface area contributed by atoms with E-state index in [9.17, 15) is 28.1 Å². The molecule has 3 saturated heterocycles. The molecule has 3 aliphatic heterocycles. The molecule has 8 rings (SSSR count). The molecule has 2 unspecified atom stereocenters. The molecule has 1 aliphatic carbocycles. The van der Waals surface area contributed by atoms with Crippen LogP contribution in [0.2, 0.25) is 0 Å². The molecule has 3 aromatic carbocycles. The van der Waals surface area contributed by atoms with Crippen LogP contribution in [-0.2, 0) is 24.5 Å². The topological polar surface area (TPSA) is 188 Å². The average molecular weight is 859 g/mol. The predicted octanol–water partition coefficient (Wildman–Crippen LogP) is 5.69. The van der Waals surface area contributed by atoms with Gasteiger partial charge in [-0.2, -0.15) is 18.0 Å². The molecule has 61 heavy (non-hydrogen) atoms. The predicted molar refractivity (Wildman–Crippen MR) is 222 cm³/mol. The van der Waals surface area contributed by atoms with Crippen LogP contribution in [-0.4, -0.2) is 90.0 Å². The molecular weight excluding hydrogens is 811 g/mol. The van der Waals surface area contributed by atoms with E-state index in [1.807, 2.05) is 18.2 Å². The number of piperidine rings is 2. The van der Waals surface area contributed by atoms with Crippen LogP contribution in [0.15, 0.2) is 59.7 Å². The number of nitrogens with one attached hydrogen (secondary N) is 3. The van der Waals surface area contributed by atoms with Crippen LogP contribution < -0.4 is 25.7 Å². The van der Waals surface area contributed by atoms with Gasteiger partial charge in [0.2, 0.25) is 11.8 Å². The zero-order valence-electron chi connectivity index (χ0n) is 34.0. The normalized spacial score (nSPS) is 23.2. The third-order valence-electron chi connectivity index (χ3n) is 12.8. The minimum atomic E-state index is -4.02. The molecule has 18 heteroatoms. The van der Waals surface area contributed by atoms with E-state index in [0.717, 1.165) is 68.1 Å². The van der Waals surface area contributed by atoms with Gasteiger partial charge in [0.15, 0.2) is 11.6 Å². The minimum Gasteiger partial charge on any atom is -0.453 e. The number of rotatable bonds is 11. The van der Waals surface area contributed by atoms with Crippen molar-refractivity contribution in [2.45, 2.75) is 94.4 Å². The van der Waals surface area contributed by atoms with Crippen LogP contribution in [0.5, 0.6) is 11.5 Å². The summed E-state index contributed by atoms with van der Waals surface area (Å²) < 4.78 is 73.0. The van der Waals surface area contributed by atoms with Crippen molar-refractivity contribution in [3.8, 4) is 17.6 Å². The minimum absolute atomic E-state index is 0.0631. The van der Waals surface area contributed by atoms with E-state index in [2.05, 4.69) is 25.2 Å². The maximum absolute atomic E-state index is 15.4. The first kappa shape index (κ1) is 42.2. The average Bonchev–Trinajstić information content (AvgIpc) is 3.66. The summed E-state index contributed by atoms with van der Waals surface area (Å²) in [6.45, 7) is 3.85. The molecule has 0 bridgehead atoms. The molecule has 3 N–H and O–H groups in total. The molecule has 1 aromatic heterocycles. The highest BCUT2D eigenvalue weighted by Gasteiger charge is 2.45. The third kappa shape index (κ3) is 8.69. The van der Waals surface area contributed by atoms with E-state index in [0.29, 0.717) is 42.3 Å². The second kappa shape index (κ2) is 17.1. The lowest BCUT2D eigenvalue weighted by Crippen LogP contribution is -2.49. The van der Waals surface area contributed by atoms with Gasteiger partial charge in [0.1, 0.15) is 29.2 Å². The van der Waals surface area contributed by atoms with Gasteiger partial charge < -0.3 is 19.7 Å². The van der Waals surface area contributed by atoms with Crippen molar-refractivity contribution >= 4 is 44.3 Å². The van der Waals surface area contributed by atoms with Crippen LogP contribution in [0.3, 0.4) is 0 Å². The van der Waals surface area contributed by atoms with E-state index in [4.69, 9.17) is 9.47 Å². The van der Waals surface area contributed by atoms with Crippen molar-refractivity contribution < 1.29 is 36.3 Å². The number of nitriles is 1. The second-order valence-corrected chi connectivity index (χ2v) is 18.2. The number of halogens is 2. The Morgan fingerprint density at radius 3 is 2.49 bits per heavy atom. The SMILES string of the molecule is CCN(C)S(=O)(=O)Nc1ccc(F)c(Oc2ccc3ncn(C4COC5(CCN([C@H]6CC[C@@H](c7ccc(NC8CCC(=O)NC8=O)cc7F)CC6)CC5)C4)c(=O)c3c2)c1C#N. The highest BCUT2D eigenvalue weighted by atomic mass is 32.2.